The van der Waals surface area contributed by atoms with Crippen LogP contribution in [0.15, 0.2) is 77.4 Å². The highest BCUT2D eigenvalue weighted by Crippen LogP contribution is 2.41. The third-order valence-corrected chi connectivity index (χ3v) is 7.62. The molecule has 1 amide bonds. The van der Waals surface area contributed by atoms with Crippen molar-refractivity contribution in [1.29, 1.82) is 0 Å². The first kappa shape index (κ1) is 24.0. The normalized spacial score (nSPS) is 16.3. The number of fused-ring (bicyclic) bond motifs is 1. The molecule has 0 atom stereocenters. The number of carbonyl (C=O) groups excluding carboxylic acids is 1. The van der Waals surface area contributed by atoms with E-state index in [1.807, 2.05) is 42.5 Å². The van der Waals surface area contributed by atoms with Crippen molar-refractivity contribution in [3.63, 3.8) is 0 Å². The molecule has 2 aromatic carbocycles. The molecular weight excluding hydrogens is 438 g/mol. The van der Waals surface area contributed by atoms with E-state index in [0.717, 1.165) is 21.5 Å². The topological polar surface area (TPSA) is 38.3 Å². The SMILES string of the molecule is COc1ccc(NC(=O)c2ccc3cc(/C=C(\C)C=CC4=C(C)CCCC4(C)C)sc3c2)cc1. The highest BCUT2D eigenvalue weighted by atomic mass is 32.1. The monoisotopic (exact) mass is 471 g/mol. The van der Waals surface area contributed by atoms with E-state index in [4.69, 9.17) is 4.74 Å². The van der Waals surface area contributed by atoms with Crippen LogP contribution < -0.4 is 10.1 Å². The van der Waals surface area contributed by atoms with E-state index >= 15 is 0 Å². The molecule has 0 unspecified atom stereocenters. The number of rotatable bonds is 6. The number of benzene rings is 2. The van der Waals surface area contributed by atoms with Gasteiger partial charge in [-0.25, -0.2) is 0 Å². The zero-order valence-electron chi connectivity index (χ0n) is 20.7. The van der Waals surface area contributed by atoms with Crippen LogP contribution in [0.2, 0.25) is 0 Å². The van der Waals surface area contributed by atoms with Crippen molar-refractivity contribution in [3.05, 3.63) is 87.8 Å². The third kappa shape index (κ3) is 5.51. The molecule has 0 spiro atoms. The molecule has 1 heterocycles. The Balaban J connectivity index is 1.50. The number of ether oxygens (including phenoxy) is 1. The van der Waals surface area contributed by atoms with Crippen molar-refractivity contribution in [2.75, 3.05) is 12.4 Å². The highest BCUT2D eigenvalue weighted by molar-refractivity contribution is 7.19. The number of carbonyl (C=O) groups is 1. The van der Waals surface area contributed by atoms with Crippen LogP contribution in [0.25, 0.3) is 16.2 Å². The van der Waals surface area contributed by atoms with Gasteiger partial charge in [0.1, 0.15) is 5.75 Å². The fourth-order valence-electron chi connectivity index (χ4n) is 4.64. The minimum atomic E-state index is -0.115. The van der Waals surface area contributed by atoms with Crippen LogP contribution in [-0.2, 0) is 0 Å². The first-order chi connectivity index (χ1) is 16.2. The number of allylic oxidation sites excluding steroid dienone is 5. The van der Waals surface area contributed by atoms with Crippen LogP contribution >= 0.6 is 11.3 Å². The second kappa shape index (κ2) is 10.0. The number of hydrogen-bond acceptors (Lipinski definition) is 3. The van der Waals surface area contributed by atoms with E-state index in [1.54, 1.807) is 18.4 Å². The molecule has 0 fully saturated rings. The van der Waals surface area contributed by atoms with Crippen molar-refractivity contribution in [3.8, 4) is 5.75 Å². The van der Waals surface area contributed by atoms with Crippen molar-refractivity contribution in [1.82, 2.24) is 0 Å². The molecule has 1 N–H and O–H groups in total. The maximum atomic E-state index is 12.7. The lowest BCUT2D eigenvalue weighted by Crippen LogP contribution is -2.19. The molecule has 0 saturated carbocycles. The first-order valence-corrected chi connectivity index (χ1v) is 12.6. The second-order valence-electron chi connectivity index (χ2n) is 9.74. The smallest absolute Gasteiger partial charge is 0.255 e. The molecule has 176 valence electrons. The van der Waals surface area contributed by atoms with Crippen molar-refractivity contribution >= 4 is 39.1 Å². The van der Waals surface area contributed by atoms with Crippen LogP contribution in [0.4, 0.5) is 5.69 Å². The molecule has 1 aromatic heterocycles. The fraction of sp³-hybridized carbons (Fsp3) is 0.300. The van der Waals surface area contributed by atoms with Gasteiger partial charge in [0, 0.05) is 20.8 Å². The van der Waals surface area contributed by atoms with Gasteiger partial charge < -0.3 is 10.1 Å². The Bertz CT molecular complexity index is 1290. The van der Waals surface area contributed by atoms with E-state index < -0.39 is 0 Å². The molecular formula is C30H33NO2S. The van der Waals surface area contributed by atoms with Crippen LogP contribution in [0, 0.1) is 5.41 Å². The largest absolute Gasteiger partial charge is 0.497 e. The molecule has 1 aliphatic rings. The van der Waals surface area contributed by atoms with Crippen LogP contribution in [0.3, 0.4) is 0 Å². The quantitative estimate of drug-likeness (QED) is 0.365. The minimum Gasteiger partial charge on any atom is -0.497 e. The molecule has 1 aliphatic carbocycles. The molecule has 4 heteroatoms. The molecule has 0 radical (unpaired) electrons. The van der Waals surface area contributed by atoms with Gasteiger partial charge in [0.05, 0.1) is 7.11 Å². The number of amides is 1. The van der Waals surface area contributed by atoms with Gasteiger partial charge in [-0.05, 0) is 104 Å². The van der Waals surface area contributed by atoms with Crippen molar-refractivity contribution in [2.45, 2.75) is 47.0 Å². The van der Waals surface area contributed by atoms with E-state index in [1.165, 1.54) is 40.9 Å². The number of methoxy groups -OCH3 is 1. The van der Waals surface area contributed by atoms with Crippen molar-refractivity contribution < 1.29 is 9.53 Å². The lowest BCUT2D eigenvalue weighted by Gasteiger charge is -2.32. The molecule has 3 nitrogen and oxygen atoms in total. The first-order valence-electron chi connectivity index (χ1n) is 11.8. The van der Waals surface area contributed by atoms with Gasteiger partial charge in [0.15, 0.2) is 0 Å². The third-order valence-electron chi connectivity index (χ3n) is 6.57. The van der Waals surface area contributed by atoms with E-state index in [9.17, 15) is 4.79 Å². The Hall–Kier alpha value is -3.11. The number of hydrogen-bond donors (Lipinski definition) is 1. The van der Waals surface area contributed by atoms with Gasteiger partial charge in [-0.15, -0.1) is 11.3 Å². The number of thiophene rings is 1. The summed E-state index contributed by atoms with van der Waals surface area (Å²) in [5.41, 5.74) is 5.87. The summed E-state index contributed by atoms with van der Waals surface area (Å²) in [6.45, 7) is 9.12. The van der Waals surface area contributed by atoms with Crippen molar-refractivity contribution in [2.24, 2.45) is 5.41 Å². The van der Waals surface area contributed by atoms with Crippen LogP contribution in [-0.4, -0.2) is 13.0 Å². The predicted octanol–water partition coefficient (Wildman–Crippen LogP) is 8.65. The summed E-state index contributed by atoms with van der Waals surface area (Å²) in [6, 6.07) is 15.4. The minimum absolute atomic E-state index is 0.115. The second-order valence-corrected chi connectivity index (χ2v) is 10.9. The van der Waals surface area contributed by atoms with E-state index in [0.29, 0.717) is 5.56 Å². The molecule has 0 aliphatic heterocycles. The van der Waals surface area contributed by atoms with Crippen LogP contribution in [0.1, 0.15) is 62.2 Å². The Morgan fingerprint density at radius 3 is 2.59 bits per heavy atom. The Morgan fingerprint density at radius 2 is 1.88 bits per heavy atom. The average molecular weight is 472 g/mol. The summed E-state index contributed by atoms with van der Waals surface area (Å²) in [6.07, 6.45) is 10.5. The highest BCUT2D eigenvalue weighted by Gasteiger charge is 2.26. The summed E-state index contributed by atoms with van der Waals surface area (Å²) in [5.74, 6) is 0.647. The van der Waals surface area contributed by atoms with Gasteiger partial charge in [0.25, 0.3) is 5.91 Å². The molecule has 34 heavy (non-hydrogen) atoms. The van der Waals surface area contributed by atoms with E-state index in [-0.39, 0.29) is 11.3 Å². The lowest BCUT2D eigenvalue weighted by molar-refractivity contribution is 0.102. The van der Waals surface area contributed by atoms with Gasteiger partial charge in [-0.1, -0.05) is 37.6 Å². The molecule has 0 saturated heterocycles. The predicted molar refractivity (Wildman–Crippen MR) is 146 cm³/mol. The Kier molecular flexibility index (Phi) is 7.08. The Morgan fingerprint density at radius 1 is 1.12 bits per heavy atom. The molecule has 4 rings (SSSR count). The summed E-state index contributed by atoms with van der Waals surface area (Å²) in [7, 11) is 1.63. The number of anilines is 1. The van der Waals surface area contributed by atoms with Gasteiger partial charge in [0.2, 0.25) is 0 Å². The Labute approximate surface area is 206 Å². The van der Waals surface area contributed by atoms with E-state index in [2.05, 4.69) is 57.3 Å². The number of nitrogens with one attached hydrogen (secondary N) is 1. The maximum Gasteiger partial charge on any atom is 0.255 e. The average Bonchev–Trinajstić information content (AvgIpc) is 3.20. The van der Waals surface area contributed by atoms with Gasteiger partial charge in [-0.3, -0.25) is 4.79 Å². The summed E-state index contributed by atoms with van der Waals surface area (Å²) >= 11 is 1.71. The molecule has 3 aromatic rings. The van der Waals surface area contributed by atoms with Gasteiger partial charge in [-0.2, -0.15) is 0 Å². The maximum absolute atomic E-state index is 12.7. The fourth-order valence-corrected chi connectivity index (χ4v) is 5.75. The van der Waals surface area contributed by atoms with Crippen LogP contribution in [0.5, 0.6) is 5.75 Å². The zero-order chi connectivity index (χ0) is 24.3. The van der Waals surface area contributed by atoms with Gasteiger partial charge >= 0.3 is 0 Å². The summed E-state index contributed by atoms with van der Waals surface area (Å²) in [4.78, 5) is 13.9. The molecule has 0 bridgehead atoms. The zero-order valence-corrected chi connectivity index (χ0v) is 21.5. The standard InChI is InChI=1S/C30H33NO2S/c1-20(8-15-27-21(2)7-6-16-30(27,3)4)17-26-18-22-9-10-23(19-28(22)34-26)29(32)31-24-11-13-25(33-5)14-12-24/h8-15,17-19H,6-7,16H2,1-5H3,(H,31,32)/b15-8?,20-17+. The summed E-state index contributed by atoms with van der Waals surface area (Å²) < 4.78 is 6.28. The summed E-state index contributed by atoms with van der Waals surface area (Å²) in [5, 5.41) is 4.11. The lowest BCUT2D eigenvalue weighted by atomic mass is 9.72.